The highest BCUT2D eigenvalue weighted by Crippen LogP contribution is 2.29. The van der Waals surface area contributed by atoms with Crippen molar-refractivity contribution in [2.75, 3.05) is 52.5 Å². The van der Waals surface area contributed by atoms with E-state index in [1.165, 1.54) is 10.4 Å². The van der Waals surface area contributed by atoms with Gasteiger partial charge in [0.2, 0.25) is 0 Å². The molecule has 0 aliphatic carbocycles. The normalized spacial score (nSPS) is 20.0. The highest BCUT2D eigenvalue weighted by Gasteiger charge is 2.33. The molecule has 0 bridgehead atoms. The van der Waals surface area contributed by atoms with Gasteiger partial charge in [0.25, 0.3) is 0 Å². The molecule has 2 saturated heterocycles. The van der Waals surface area contributed by atoms with E-state index in [4.69, 9.17) is 4.74 Å². The molecule has 2 aliphatic rings. The highest BCUT2D eigenvalue weighted by atomic mass is 32.1. The molecule has 3 heterocycles. The van der Waals surface area contributed by atoms with Crippen LogP contribution in [0.2, 0.25) is 0 Å². The Morgan fingerprint density at radius 3 is 2.38 bits per heavy atom. The molecule has 2 fully saturated rings. The maximum Gasteiger partial charge on any atom is 0.312 e. The number of hydrogen-bond donors (Lipinski definition) is 1. The summed E-state index contributed by atoms with van der Waals surface area (Å²) in [6.45, 7) is 8.67. The van der Waals surface area contributed by atoms with E-state index in [9.17, 15) is 9.59 Å². The molecule has 2 amide bonds. The van der Waals surface area contributed by atoms with Gasteiger partial charge in [-0.1, -0.05) is 36.4 Å². The number of thiophene rings is 1. The number of nitrogens with one attached hydrogen (secondary N) is 1. The summed E-state index contributed by atoms with van der Waals surface area (Å²) in [4.78, 5) is 33.0. The van der Waals surface area contributed by atoms with Gasteiger partial charge in [0, 0.05) is 56.7 Å². The summed E-state index contributed by atoms with van der Waals surface area (Å²) < 4.78 is 5.29. The largest absolute Gasteiger partial charge is 0.378 e. The topological polar surface area (TPSA) is 65.1 Å². The van der Waals surface area contributed by atoms with Gasteiger partial charge in [-0.15, -0.1) is 11.3 Å². The fourth-order valence-electron chi connectivity index (χ4n) is 4.50. The van der Waals surface area contributed by atoms with Crippen LogP contribution in [-0.4, -0.2) is 85.0 Å². The molecule has 0 spiro atoms. The van der Waals surface area contributed by atoms with Gasteiger partial charge in [-0.2, -0.15) is 0 Å². The maximum atomic E-state index is 12.7. The number of hydrogen-bond acceptors (Lipinski definition) is 6. The standard InChI is InChI=1S/C24H32N4O3S/c1-19(25-23(29)24(30)28-13-15-31-16-14-28)22(21-8-5-17-32-21)27-11-9-26(10-12-27)18-20-6-3-2-4-7-20/h2-8,17,19,22H,9-16,18H2,1H3,(H,25,29)/t19-,22-/m0/s1. The summed E-state index contributed by atoms with van der Waals surface area (Å²) in [7, 11) is 0. The lowest BCUT2D eigenvalue weighted by molar-refractivity contribution is -0.149. The number of amides is 2. The summed E-state index contributed by atoms with van der Waals surface area (Å²) in [5.74, 6) is -0.985. The minimum Gasteiger partial charge on any atom is -0.378 e. The molecular weight excluding hydrogens is 424 g/mol. The lowest BCUT2D eigenvalue weighted by Gasteiger charge is -2.41. The fourth-order valence-corrected chi connectivity index (χ4v) is 5.46. The van der Waals surface area contributed by atoms with Crippen molar-refractivity contribution in [2.24, 2.45) is 0 Å². The Balaban J connectivity index is 1.37. The van der Waals surface area contributed by atoms with Crippen LogP contribution in [0, 0.1) is 0 Å². The van der Waals surface area contributed by atoms with Crippen molar-refractivity contribution in [2.45, 2.75) is 25.6 Å². The van der Waals surface area contributed by atoms with Gasteiger partial charge in [-0.05, 0) is 23.9 Å². The van der Waals surface area contributed by atoms with E-state index in [-0.39, 0.29) is 12.1 Å². The molecule has 2 aromatic rings. The smallest absolute Gasteiger partial charge is 0.312 e. The summed E-state index contributed by atoms with van der Waals surface area (Å²) in [6, 6.07) is 14.6. The third kappa shape index (κ3) is 5.75. The zero-order chi connectivity index (χ0) is 22.3. The highest BCUT2D eigenvalue weighted by molar-refractivity contribution is 7.10. The first-order valence-electron chi connectivity index (χ1n) is 11.3. The number of carbonyl (C=O) groups excluding carboxylic acids is 2. The minimum absolute atomic E-state index is 0.0512. The van der Waals surface area contributed by atoms with Gasteiger partial charge in [-0.3, -0.25) is 19.4 Å². The Bertz CT molecular complexity index is 863. The fraction of sp³-hybridized carbons (Fsp3) is 0.500. The third-order valence-corrected chi connectivity index (χ3v) is 7.15. The van der Waals surface area contributed by atoms with Crippen LogP contribution in [0.1, 0.15) is 23.4 Å². The Hall–Kier alpha value is -2.26. The van der Waals surface area contributed by atoms with E-state index in [2.05, 4.69) is 50.8 Å². The van der Waals surface area contributed by atoms with E-state index in [1.807, 2.05) is 19.1 Å². The van der Waals surface area contributed by atoms with Gasteiger partial charge in [0.05, 0.1) is 19.3 Å². The number of nitrogens with zero attached hydrogens (tertiary/aromatic N) is 3. The van der Waals surface area contributed by atoms with Crippen LogP contribution in [0.25, 0.3) is 0 Å². The molecule has 0 radical (unpaired) electrons. The number of rotatable bonds is 6. The molecule has 0 saturated carbocycles. The molecule has 4 rings (SSSR count). The summed E-state index contributed by atoms with van der Waals surface area (Å²) >= 11 is 1.70. The van der Waals surface area contributed by atoms with Gasteiger partial charge < -0.3 is 15.0 Å². The number of morpholine rings is 1. The second kappa shape index (κ2) is 11.0. The van der Waals surface area contributed by atoms with E-state index >= 15 is 0 Å². The van der Waals surface area contributed by atoms with Crippen molar-refractivity contribution in [3.8, 4) is 0 Å². The van der Waals surface area contributed by atoms with Crippen molar-refractivity contribution >= 4 is 23.2 Å². The van der Waals surface area contributed by atoms with E-state index in [0.29, 0.717) is 26.3 Å². The van der Waals surface area contributed by atoms with Crippen molar-refractivity contribution in [1.82, 2.24) is 20.0 Å². The second-order valence-electron chi connectivity index (χ2n) is 8.42. The van der Waals surface area contributed by atoms with Crippen LogP contribution in [0.5, 0.6) is 0 Å². The number of benzene rings is 1. The van der Waals surface area contributed by atoms with Crippen molar-refractivity contribution < 1.29 is 14.3 Å². The lowest BCUT2D eigenvalue weighted by atomic mass is 10.0. The predicted molar refractivity (Wildman–Crippen MR) is 125 cm³/mol. The minimum atomic E-state index is -0.524. The van der Waals surface area contributed by atoms with Crippen LogP contribution in [-0.2, 0) is 20.9 Å². The first kappa shape index (κ1) is 22.9. The number of ether oxygens (including phenoxy) is 1. The lowest BCUT2D eigenvalue weighted by Crippen LogP contribution is -2.54. The van der Waals surface area contributed by atoms with E-state index < -0.39 is 11.8 Å². The Morgan fingerprint density at radius 1 is 1.00 bits per heavy atom. The molecule has 172 valence electrons. The molecule has 8 heteroatoms. The molecule has 7 nitrogen and oxygen atoms in total. The summed E-state index contributed by atoms with van der Waals surface area (Å²) in [6.07, 6.45) is 0. The maximum absolute atomic E-state index is 12.7. The Morgan fingerprint density at radius 2 is 1.72 bits per heavy atom. The monoisotopic (exact) mass is 456 g/mol. The first-order valence-corrected chi connectivity index (χ1v) is 12.2. The zero-order valence-corrected chi connectivity index (χ0v) is 19.4. The molecule has 0 unspecified atom stereocenters. The Kier molecular flexibility index (Phi) is 7.91. The van der Waals surface area contributed by atoms with E-state index in [0.717, 1.165) is 32.7 Å². The molecule has 1 N–H and O–H groups in total. The third-order valence-electron chi connectivity index (χ3n) is 6.21. The molecule has 1 aromatic heterocycles. The average molecular weight is 457 g/mol. The van der Waals surface area contributed by atoms with Crippen LogP contribution < -0.4 is 5.32 Å². The van der Waals surface area contributed by atoms with Crippen molar-refractivity contribution in [1.29, 1.82) is 0 Å². The van der Waals surface area contributed by atoms with Crippen LogP contribution in [0.3, 0.4) is 0 Å². The Labute approximate surface area is 193 Å². The second-order valence-corrected chi connectivity index (χ2v) is 9.40. The van der Waals surface area contributed by atoms with Crippen molar-refractivity contribution in [3.63, 3.8) is 0 Å². The SMILES string of the molecule is C[C@H](NC(=O)C(=O)N1CCOCC1)[C@@H](c1cccs1)N1CCN(Cc2ccccc2)CC1. The van der Waals surface area contributed by atoms with Crippen LogP contribution >= 0.6 is 11.3 Å². The molecular formula is C24H32N4O3S. The van der Waals surface area contributed by atoms with Gasteiger partial charge in [0.1, 0.15) is 0 Å². The number of piperazine rings is 1. The van der Waals surface area contributed by atoms with Gasteiger partial charge >= 0.3 is 11.8 Å². The number of carbonyl (C=O) groups is 2. The molecule has 2 atom stereocenters. The van der Waals surface area contributed by atoms with Crippen molar-refractivity contribution in [3.05, 3.63) is 58.3 Å². The molecule has 32 heavy (non-hydrogen) atoms. The first-order chi connectivity index (χ1) is 15.6. The summed E-state index contributed by atoms with van der Waals surface area (Å²) in [5, 5.41) is 5.06. The average Bonchev–Trinajstić information content (AvgIpc) is 3.35. The van der Waals surface area contributed by atoms with Crippen LogP contribution in [0.15, 0.2) is 47.8 Å². The molecule has 1 aromatic carbocycles. The zero-order valence-electron chi connectivity index (χ0n) is 18.6. The molecule has 2 aliphatic heterocycles. The van der Waals surface area contributed by atoms with E-state index in [1.54, 1.807) is 16.2 Å². The predicted octanol–water partition coefficient (Wildman–Crippen LogP) is 1.97. The quantitative estimate of drug-likeness (QED) is 0.674. The summed E-state index contributed by atoms with van der Waals surface area (Å²) in [5.41, 5.74) is 1.33. The van der Waals surface area contributed by atoms with Gasteiger partial charge in [0.15, 0.2) is 0 Å². The van der Waals surface area contributed by atoms with Gasteiger partial charge in [-0.25, -0.2) is 0 Å². The van der Waals surface area contributed by atoms with Crippen LogP contribution in [0.4, 0.5) is 0 Å².